The fraction of sp³-hybridized carbons (Fsp3) is 0.538. The quantitative estimate of drug-likeness (QED) is 0.839. The Hall–Kier alpha value is -1.07. The van der Waals surface area contributed by atoms with Crippen molar-refractivity contribution in [1.29, 1.82) is 0 Å². The molecule has 1 aromatic rings. The van der Waals surface area contributed by atoms with Gasteiger partial charge in [0.2, 0.25) is 0 Å². The van der Waals surface area contributed by atoms with E-state index in [4.69, 9.17) is 5.73 Å². The van der Waals surface area contributed by atoms with E-state index in [9.17, 15) is 13.2 Å². The van der Waals surface area contributed by atoms with Gasteiger partial charge in [-0.25, -0.2) is 0 Å². The highest BCUT2D eigenvalue weighted by Gasteiger charge is 2.37. The molecule has 1 heterocycles. The fourth-order valence-corrected chi connectivity index (χ4v) is 2.52. The van der Waals surface area contributed by atoms with Crippen LogP contribution >= 0.6 is 0 Å². The summed E-state index contributed by atoms with van der Waals surface area (Å²) < 4.78 is 38.9. The van der Waals surface area contributed by atoms with E-state index >= 15 is 0 Å². The minimum atomic E-state index is -4.31. The highest BCUT2D eigenvalue weighted by atomic mass is 19.4. The molecule has 1 aliphatic heterocycles. The molecule has 2 unspecified atom stereocenters. The van der Waals surface area contributed by atoms with E-state index in [0.717, 1.165) is 19.0 Å². The van der Waals surface area contributed by atoms with Crippen molar-refractivity contribution in [3.05, 3.63) is 35.4 Å². The van der Waals surface area contributed by atoms with E-state index in [0.29, 0.717) is 12.0 Å². The van der Waals surface area contributed by atoms with E-state index in [1.807, 2.05) is 11.9 Å². The number of likely N-dealkylation sites (tertiary alicyclic amines) is 1. The zero-order valence-electron chi connectivity index (χ0n) is 10.2. The van der Waals surface area contributed by atoms with Crippen molar-refractivity contribution in [2.24, 2.45) is 5.73 Å². The Morgan fingerprint density at radius 3 is 2.61 bits per heavy atom. The minimum Gasteiger partial charge on any atom is -0.328 e. The van der Waals surface area contributed by atoms with Gasteiger partial charge in [-0.05, 0) is 38.1 Å². The van der Waals surface area contributed by atoms with Crippen LogP contribution in [-0.2, 0) is 6.18 Å². The Balaban J connectivity index is 2.38. The van der Waals surface area contributed by atoms with Crippen LogP contribution < -0.4 is 5.73 Å². The van der Waals surface area contributed by atoms with Gasteiger partial charge in [0.05, 0.1) is 5.56 Å². The molecule has 100 valence electrons. The molecule has 0 radical (unpaired) electrons. The number of nitrogens with zero attached hydrogens (tertiary/aromatic N) is 1. The lowest BCUT2D eigenvalue weighted by Gasteiger charge is -2.37. The molecule has 1 saturated heterocycles. The number of hydrogen-bond acceptors (Lipinski definition) is 2. The van der Waals surface area contributed by atoms with Crippen LogP contribution in [0.25, 0.3) is 0 Å². The van der Waals surface area contributed by atoms with E-state index in [-0.39, 0.29) is 12.1 Å². The van der Waals surface area contributed by atoms with Crippen LogP contribution in [0.2, 0.25) is 0 Å². The van der Waals surface area contributed by atoms with E-state index in [1.165, 1.54) is 6.07 Å². The molecule has 5 heteroatoms. The second-order valence-corrected chi connectivity index (χ2v) is 4.87. The van der Waals surface area contributed by atoms with Gasteiger partial charge in [0, 0.05) is 12.1 Å². The van der Waals surface area contributed by atoms with Crippen LogP contribution in [0.15, 0.2) is 24.3 Å². The Bertz CT molecular complexity index is 417. The number of piperidine rings is 1. The summed E-state index contributed by atoms with van der Waals surface area (Å²) in [4.78, 5) is 1.95. The summed E-state index contributed by atoms with van der Waals surface area (Å²) >= 11 is 0. The van der Waals surface area contributed by atoms with E-state index in [2.05, 4.69) is 0 Å². The zero-order chi connectivity index (χ0) is 13.3. The summed E-state index contributed by atoms with van der Waals surface area (Å²) in [5.41, 5.74) is 5.67. The molecule has 2 nitrogen and oxygen atoms in total. The summed E-state index contributed by atoms with van der Waals surface area (Å²) in [5, 5.41) is 0. The summed E-state index contributed by atoms with van der Waals surface area (Å²) in [6.07, 6.45) is -2.90. The highest BCUT2D eigenvalue weighted by molar-refractivity contribution is 5.33. The van der Waals surface area contributed by atoms with Gasteiger partial charge in [0.1, 0.15) is 0 Å². The van der Waals surface area contributed by atoms with Crippen LogP contribution in [0, 0.1) is 0 Å². The van der Waals surface area contributed by atoms with E-state index in [1.54, 1.807) is 12.1 Å². The number of hydrogen-bond donors (Lipinski definition) is 1. The molecule has 2 rings (SSSR count). The molecule has 0 amide bonds. The highest BCUT2D eigenvalue weighted by Crippen LogP contribution is 2.38. The van der Waals surface area contributed by atoms with Gasteiger partial charge in [-0.15, -0.1) is 0 Å². The fourth-order valence-electron chi connectivity index (χ4n) is 2.52. The monoisotopic (exact) mass is 258 g/mol. The van der Waals surface area contributed by atoms with Crippen molar-refractivity contribution in [3.63, 3.8) is 0 Å². The van der Waals surface area contributed by atoms with Gasteiger partial charge in [0.15, 0.2) is 0 Å². The first-order valence-corrected chi connectivity index (χ1v) is 6.01. The normalized spacial score (nSPS) is 26.3. The maximum Gasteiger partial charge on any atom is 0.416 e. The average Bonchev–Trinajstić information content (AvgIpc) is 2.31. The molecular weight excluding hydrogens is 241 g/mol. The molecule has 18 heavy (non-hydrogen) atoms. The Labute approximate surface area is 105 Å². The maximum atomic E-state index is 13.0. The standard InChI is InChI=1S/C13H17F3N2/c1-18-7-6-9(17)8-12(18)10-4-2-3-5-11(10)13(14,15)16/h2-5,9,12H,6-8,17H2,1H3. The lowest BCUT2D eigenvalue weighted by atomic mass is 9.90. The third kappa shape index (κ3) is 2.67. The van der Waals surface area contributed by atoms with Crippen molar-refractivity contribution in [3.8, 4) is 0 Å². The Morgan fingerprint density at radius 1 is 1.28 bits per heavy atom. The summed E-state index contributed by atoms with van der Waals surface area (Å²) in [7, 11) is 1.85. The molecule has 0 saturated carbocycles. The third-order valence-corrected chi connectivity index (χ3v) is 3.54. The second-order valence-electron chi connectivity index (χ2n) is 4.87. The first-order chi connectivity index (χ1) is 8.39. The summed E-state index contributed by atoms with van der Waals surface area (Å²) in [6, 6.07) is 5.51. The van der Waals surface area contributed by atoms with Crippen molar-refractivity contribution >= 4 is 0 Å². The molecular formula is C13H17F3N2. The second kappa shape index (κ2) is 4.90. The van der Waals surface area contributed by atoms with Crippen LogP contribution in [0.5, 0.6) is 0 Å². The largest absolute Gasteiger partial charge is 0.416 e. The maximum absolute atomic E-state index is 13.0. The number of alkyl halides is 3. The minimum absolute atomic E-state index is 0.0208. The molecule has 2 atom stereocenters. The topological polar surface area (TPSA) is 29.3 Å². The lowest BCUT2D eigenvalue weighted by Crippen LogP contribution is -2.40. The zero-order valence-corrected chi connectivity index (χ0v) is 10.2. The van der Waals surface area contributed by atoms with Crippen molar-refractivity contribution < 1.29 is 13.2 Å². The Kier molecular flexibility index (Phi) is 3.64. The van der Waals surface area contributed by atoms with Gasteiger partial charge in [-0.1, -0.05) is 18.2 Å². The summed E-state index contributed by atoms with van der Waals surface area (Å²) in [5.74, 6) is 0. The first-order valence-electron chi connectivity index (χ1n) is 6.01. The molecule has 0 aromatic heterocycles. The molecule has 1 aliphatic rings. The van der Waals surface area contributed by atoms with E-state index < -0.39 is 11.7 Å². The van der Waals surface area contributed by atoms with Gasteiger partial charge < -0.3 is 5.73 Å². The molecule has 0 aliphatic carbocycles. The van der Waals surface area contributed by atoms with Gasteiger partial charge in [0.25, 0.3) is 0 Å². The number of benzene rings is 1. The van der Waals surface area contributed by atoms with Crippen LogP contribution in [0.3, 0.4) is 0 Å². The van der Waals surface area contributed by atoms with Crippen molar-refractivity contribution in [2.75, 3.05) is 13.6 Å². The van der Waals surface area contributed by atoms with Crippen molar-refractivity contribution in [2.45, 2.75) is 31.1 Å². The lowest BCUT2D eigenvalue weighted by molar-refractivity contribution is -0.138. The molecule has 1 aromatic carbocycles. The van der Waals surface area contributed by atoms with Crippen molar-refractivity contribution in [1.82, 2.24) is 4.90 Å². The third-order valence-electron chi connectivity index (χ3n) is 3.54. The number of halogens is 3. The molecule has 0 bridgehead atoms. The average molecular weight is 258 g/mol. The first kappa shape index (κ1) is 13.4. The Morgan fingerprint density at radius 2 is 1.94 bits per heavy atom. The molecule has 0 spiro atoms. The van der Waals surface area contributed by atoms with Gasteiger partial charge >= 0.3 is 6.18 Å². The molecule has 1 fully saturated rings. The number of rotatable bonds is 1. The predicted octanol–water partition coefficient (Wildman–Crippen LogP) is 2.80. The SMILES string of the molecule is CN1CCC(N)CC1c1ccccc1C(F)(F)F. The van der Waals surface area contributed by atoms with Crippen LogP contribution in [0.4, 0.5) is 13.2 Å². The summed E-state index contributed by atoms with van der Waals surface area (Å²) in [6.45, 7) is 0.734. The predicted molar refractivity (Wildman–Crippen MR) is 64.0 cm³/mol. The smallest absolute Gasteiger partial charge is 0.328 e. The molecule has 2 N–H and O–H groups in total. The van der Waals surface area contributed by atoms with Gasteiger partial charge in [-0.3, -0.25) is 4.90 Å². The van der Waals surface area contributed by atoms with Gasteiger partial charge in [-0.2, -0.15) is 13.2 Å². The number of nitrogens with two attached hydrogens (primary N) is 1. The van der Waals surface area contributed by atoms with Crippen LogP contribution in [-0.4, -0.2) is 24.5 Å². The van der Waals surface area contributed by atoms with Crippen LogP contribution in [0.1, 0.15) is 30.0 Å².